The maximum Gasteiger partial charge on any atom is 0.251 e. The van der Waals surface area contributed by atoms with E-state index in [9.17, 15) is 9.59 Å². The Morgan fingerprint density at radius 2 is 1.73 bits per heavy atom. The van der Waals surface area contributed by atoms with Gasteiger partial charge in [-0.15, -0.1) is 0 Å². The molecule has 0 fully saturated rings. The SMILES string of the molecule is CNC(=O)c1ccc(CN(C)C(=O)CCCCCCN)cc1. The molecule has 0 atom stereocenters. The van der Waals surface area contributed by atoms with Crippen molar-refractivity contribution < 1.29 is 9.59 Å². The molecule has 0 unspecified atom stereocenters. The Balaban J connectivity index is 2.38. The van der Waals surface area contributed by atoms with Gasteiger partial charge in [-0.2, -0.15) is 0 Å². The molecule has 0 spiro atoms. The zero-order chi connectivity index (χ0) is 16.4. The van der Waals surface area contributed by atoms with Gasteiger partial charge in [0.05, 0.1) is 0 Å². The maximum absolute atomic E-state index is 12.0. The summed E-state index contributed by atoms with van der Waals surface area (Å²) in [6.07, 6.45) is 4.67. The molecule has 0 heterocycles. The molecular weight excluding hydrogens is 278 g/mol. The van der Waals surface area contributed by atoms with E-state index in [4.69, 9.17) is 5.73 Å². The number of benzene rings is 1. The number of hydrogen-bond donors (Lipinski definition) is 2. The first-order valence-corrected chi connectivity index (χ1v) is 7.83. The van der Waals surface area contributed by atoms with Crippen molar-refractivity contribution >= 4 is 11.8 Å². The van der Waals surface area contributed by atoms with Crippen LogP contribution in [0.3, 0.4) is 0 Å². The number of hydrogen-bond acceptors (Lipinski definition) is 3. The molecule has 1 aromatic carbocycles. The third-order valence-corrected chi connectivity index (χ3v) is 3.63. The third-order valence-electron chi connectivity index (χ3n) is 3.63. The summed E-state index contributed by atoms with van der Waals surface area (Å²) in [5, 5.41) is 2.59. The molecule has 3 N–H and O–H groups in total. The number of carbonyl (C=O) groups excluding carboxylic acids is 2. The van der Waals surface area contributed by atoms with Crippen LogP contribution in [-0.2, 0) is 11.3 Å². The van der Waals surface area contributed by atoms with E-state index < -0.39 is 0 Å². The quantitative estimate of drug-likeness (QED) is 0.684. The number of rotatable bonds is 9. The molecule has 0 aromatic heterocycles. The summed E-state index contributed by atoms with van der Waals surface area (Å²) in [5.74, 6) is 0.0524. The molecule has 0 aliphatic carbocycles. The highest BCUT2D eigenvalue weighted by molar-refractivity contribution is 5.93. The number of nitrogens with one attached hydrogen (secondary N) is 1. The zero-order valence-corrected chi connectivity index (χ0v) is 13.6. The van der Waals surface area contributed by atoms with Crippen LogP contribution >= 0.6 is 0 Å². The van der Waals surface area contributed by atoms with Gasteiger partial charge in [0, 0.05) is 32.6 Å². The van der Waals surface area contributed by atoms with Gasteiger partial charge in [-0.05, 0) is 37.1 Å². The molecule has 0 aliphatic rings. The van der Waals surface area contributed by atoms with Crippen LogP contribution in [0.15, 0.2) is 24.3 Å². The first-order chi connectivity index (χ1) is 10.6. The van der Waals surface area contributed by atoms with Crippen LogP contribution in [0, 0.1) is 0 Å². The van der Waals surface area contributed by atoms with E-state index in [1.165, 1.54) is 0 Å². The van der Waals surface area contributed by atoms with Crippen LogP contribution in [0.1, 0.15) is 48.0 Å². The second-order valence-corrected chi connectivity index (χ2v) is 5.48. The molecular formula is C17H27N3O2. The van der Waals surface area contributed by atoms with Gasteiger partial charge in [-0.25, -0.2) is 0 Å². The second-order valence-electron chi connectivity index (χ2n) is 5.48. The fourth-order valence-electron chi connectivity index (χ4n) is 2.23. The third kappa shape index (κ3) is 6.26. The van der Waals surface area contributed by atoms with Crippen LogP contribution in [0.5, 0.6) is 0 Å². The number of nitrogens with zero attached hydrogens (tertiary/aromatic N) is 1. The Morgan fingerprint density at radius 1 is 1.09 bits per heavy atom. The first kappa shape index (κ1) is 18.2. The van der Waals surface area contributed by atoms with Gasteiger partial charge in [-0.3, -0.25) is 9.59 Å². The zero-order valence-electron chi connectivity index (χ0n) is 13.6. The summed E-state index contributed by atoms with van der Waals surface area (Å²) in [6.45, 7) is 1.29. The van der Waals surface area contributed by atoms with Crippen molar-refractivity contribution in [3.63, 3.8) is 0 Å². The van der Waals surface area contributed by atoms with E-state index in [1.54, 1.807) is 24.1 Å². The highest BCUT2D eigenvalue weighted by atomic mass is 16.2. The summed E-state index contributed by atoms with van der Waals surface area (Å²) in [7, 11) is 3.42. The van der Waals surface area contributed by atoms with Crippen molar-refractivity contribution in [1.82, 2.24) is 10.2 Å². The van der Waals surface area contributed by atoms with Crippen molar-refractivity contribution in [3.05, 3.63) is 35.4 Å². The van der Waals surface area contributed by atoms with Crippen molar-refractivity contribution in [3.8, 4) is 0 Å². The topological polar surface area (TPSA) is 75.4 Å². The van der Waals surface area contributed by atoms with Crippen molar-refractivity contribution in [1.29, 1.82) is 0 Å². The highest BCUT2D eigenvalue weighted by Gasteiger charge is 2.09. The lowest BCUT2D eigenvalue weighted by Crippen LogP contribution is -2.26. The minimum absolute atomic E-state index is 0.103. The first-order valence-electron chi connectivity index (χ1n) is 7.83. The molecule has 5 heteroatoms. The Hall–Kier alpha value is -1.88. The van der Waals surface area contributed by atoms with E-state index >= 15 is 0 Å². The minimum atomic E-state index is -0.103. The van der Waals surface area contributed by atoms with Crippen molar-refractivity contribution in [2.75, 3.05) is 20.6 Å². The summed E-state index contributed by atoms with van der Waals surface area (Å²) >= 11 is 0. The van der Waals surface area contributed by atoms with Gasteiger partial charge < -0.3 is 16.0 Å². The molecule has 0 radical (unpaired) electrons. The molecule has 2 amide bonds. The normalized spacial score (nSPS) is 10.3. The predicted molar refractivity (Wildman–Crippen MR) is 88.4 cm³/mol. The number of unbranched alkanes of at least 4 members (excludes halogenated alkanes) is 3. The van der Waals surface area contributed by atoms with E-state index in [2.05, 4.69) is 5.32 Å². The predicted octanol–water partition coefficient (Wildman–Crippen LogP) is 1.91. The van der Waals surface area contributed by atoms with E-state index in [-0.39, 0.29) is 11.8 Å². The fraction of sp³-hybridized carbons (Fsp3) is 0.529. The molecule has 0 saturated carbocycles. The molecule has 22 heavy (non-hydrogen) atoms. The Kier molecular flexibility index (Phi) is 8.22. The number of amides is 2. The lowest BCUT2D eigenvalue weighted by molar-refractivity contribution is -0.130. The van der Waals surface area contributed by atoms with Crippen LogP contribution in [0.25, 0.3) is 0 Å². The van der Waals surface area contributed by atoms with Crippen molar-refractivity contribution in [2.45, 2.75) is 38.6 Å². The smallest absolute Gasteiger partial charge is 0.251 e. The lowest BCUT2D eigenvalue weighted by atomic mass is 10.1. The van der Waals surface area contributed by atoms with Crippen LogP contribution < -0.4 is 11.1 Å². The van der Waals surface area contributed by atoms with E-state index in [1.807, 2.05) is 19.2 Å². The molecule has 0 saturated heterocycles. The standard InChI is InChI=1S/C17H27N3O2/c1-19-17(22)15-10-8-14(9-11-15)13-20(2)16(21)7-5-3-4-6-12-18/h8-11H,3-7,12-13,18H2,1-2H3,(H,19,22). The monoisotopic (exact) mass is 305 g/mol. The van der Waals surface area contributed by atoms with Gasteiger partial charge in [0.1, 0.15) is 0 Å². The minimum Gasteiger partial charge on any atom is -0.355 e. The van der Waals surface area contributed by atoms with Gasteiger partial charge in [0.25, 0.3) is 5.91 Å². The van der Waals surface area contributed by atoms with Gasteiger partial charge in [-0.1, -0.05) is 25.0 Å². The Bertz CT molecular complexity index is 471. The molecule has 0 bridgehead atoms. The molecule has 122 valence electrons. The Labute approximate surface area is 132 Å². The maximum atomic E-state index is 12.0. The molecule has 5 nitrogen and oxygen atoms in total. The molecule has 1 rings (SSSR count). The second kappa shape index (κ2) is 9.95. The Morgan fingerprint density at radius 3 is 2.32 bits per heavy atom. The van der Waals surface area contributed by atoms with Crippen LogP contribution in [0.4, 0.5) is 0 Å². The summed E-state index contributed by atoms with van der Waals surface area (Å²) in [5.41, 5.74) is 7.09. The van der Waals surface area contributed by atoms with Gasteiger partial charge in [0.2, 0.25) is 5.91 Å². The van der Waals surface area contributed by atoms with E-state index in [0.717, 1.165) is 37.8 Å². The summed E-state index contributed by atoms with van der Waals surface area (Å²) in [4.78, 5) is 25.2. The summed E-state index contributed by atoms with van der Waals surface area (Å²) in [6, 6.07) is 7.32. The summed E-state index contributed by atoms with van der Waals surface area (Å²) < 4.78 is 0. The number of nitrogens with two attached hydrogens (primary N) is 1. The lowest BCUT2D eigenvalue weighted by Gasteiger charge is -2.17. The average Bonchev–Trinajstić information content (AvgIpc) is 2.54. The largest absolute Gasteiger partial charge is 0.355 e. The highest BCUT2D eigenvalue weighted by Crippen LogP contribution is 2.09. The van der Waals surface area contributed by atoms with Gasteiger partial charge >= 0.3 is 0 Å². The average molecular weight is 305 g/mol. The van der Waals surface area contributed by atoms with Crippen molar-refractivity contribution in [2.24, 2.45) is 5.73 Å². The van der Waals surface area contributed by atoms with E-state index in [0.29, 0.717) is 18.5 Å². The fourth-order valence-corrected chi connectivity index (χ4v) is 2.23. The molecule has 0 aliphatic heterocycles. The van der Waals surface area contributed by atoms with Crippen LogP contribution in [0.2, 0.25) is 0 Å². The van der Waals surface area contributed by atoms with Gasteiger partial charge in [0.15, 0.2) is 0 Å². The number of carbonyl (C=O) groups is 2. The van der Waals surface area contributed by atoms with Crippen LogP contribution in [-0.4, -0.2) is 37.4 Å². The molecule has 1 aromatic rings.